The molecule has 0 aliphatic carbocycles. The molecule has 0 aliphatic heterocycles. The zero-order valence-corrected chi connectivity index (χ0v) is 17.8. The number of methoxy groups -OCH3 is 1. The lowest BCUT2D eigenvalue weighted by molar-refractivity contribution is -0.122. The molecule has 1 N–H and O–H groups in total. The van der Waals surface area contributed by atoms with Crippen LogP contribution in [-0.4, -0.2) is 33.7 Å². The van der Waals surface area contributed by atoms with E-state index < -0.39 is 16.1 Å². The largest absolute Gasteiger partial charge is 0.497 e. The van der Waals surface area contributed by atoms with Gasteiger partial charge in [-0.3, -0.25) is 9.10 Å². The molecule has 0 heterocycles. The first-order valence-corrected chi connectivity index (χ1v) is 11.0. The van der Waals surface area contributed by atoms with Gasteiger partial charge in [0.05, 0.1) is 25.1 Å². The summed E-state index contributed by atoms with van der Waals surface area (Å²) in [6, 6.07) is 13.4. The van der Waals surface area contributed by atoms with Crippen LogP contribution in [0.3, 0.4) is 0 Å². The molecule has 1 amide bonds. The van der Waals surface area contributed by atoms with Crippen molar-refractivity contribution in [2.24, 2.45) is 0 Å². The molecule has 0 saturated carbocycles. The number of nitrogens with one attached hydrogen (secondary N) is 1. The van der Waals surface area contributed by atoms with Crippen molar-refractivity contribution in [2.45, 2.75) is 39.3 Å². The van der Waals surface area contributed by atoms with E-state index in [2.05, 4.69) is 5.32 Å². The molecule has 0 bridgehead atoms. The summed E-state index contributed by atoms with van der Waals surface area (Å²) in [4.78, 5) is 13.0. The van der Waals surface area contributed by atoms with Gasteiger partial charge in [-0.25, -0.2) is 8.42 Å². The molecule has 0 radical (unpaired) electrons. The fraction of sp³-hybridized carbons (Fsp3) is 0.381. The van der Waals surface area contributed by atoms with Crippen molar-refractivity contribution >= 4 is 21.6 Å². The standard InChI is InChI=1S/C21H28N2O4S/c1-6-20(21(24)22-16(3)17-9-7-15(2)8-10-17)23(28(5,25)26)18-11-13-19(27-4)14-12-18/h7-14,16,20H,6H2,1-5H3,(H,22,24)/t16-,20-/m0/s1. The number of rotatable bonds is 8. The smallest absolute Gasteiger partial charge is 0.244 e. The van der Waals surface area contributed by atoms with Crippen molar-refractivity contribution in [3.05, 3.63) is 59.7 Å². The van der Waals surface area contributed by atoms with E-state index in [1.807, 2.05) is 38.1 Å². The average molecular weight is 405 g/mol. The Morgan fingerprint density at radius 1 is 1.11 bits per heavy atom. The van der Waals surface area contributed by atoms with Gasteiger partial charge < -0.3 is 10.1 Å². The first-order chi connectivity index (χ1) is 13.2. The zero-order chi connectivity index (χ0) is 20.9. The van der Waals surface area contributed by atoms with Gasteiger partial charge in [-0.1, -0.05) is 36.8 Å². The summed E-state index contributed by atoms with van der Waals surface area (Å²) in [6.07, 6.45) is 1.45. The highest BCUT2D eigenvalue weighted by Gasteiger charge is 2.32. The van der Waals surface area contributed by atoms with Crippen molar-refractivity contribution in [3.63, 3.8) is 0 Å². The summed E-state index contributed by atoms with van der Waals surface area (Å²) in [7, 11) is -2.13. The lowest BCUT2D eigenvalue weighted by Crippen LogP contribution is -2.49. The van der Waals surface area contributed by atoms with Gasteiger partial charge >= 0.3 is 0 Å². The van der Waals surface area contributed by atoms with Gasteiger partial charge in [0.2, 0.25) is 15.9 Å². The van der Waals surface area contributed by atoms with Crippen LogP contribution in [0.2, 0.25) is 0 Å². The van der Waals surface area contributed by atoms with Gasteiger partial charge in [-0.2, -0.15) is 0 Å². The number of hydrogen-bond acceptors (Lipinski definition) is 4. The fourth-order valence-corrected chi connectivity index (χ4v) is 4.25. The highest BCUT2D eigenvalue weighted by atomic mass is 32.2. The number of carbonyl (C=O) groups is 1. The molecule has 2 aromatic carbocycles. The predicted octanol–water partition coefficient (Wildman–Crippen LogP) is 3.43. The molecule has 152 valence electrons. The van der Waals surface area contributed by atoms with Crippen molar-refractivity contribution in [2.75, 3.05) is 17.7 Å². The molecule has 0 saturated heterocycles. The summed E-state index contributed by atoms with van der Waals surface area (Å²) >= 11 is 0. The summed E-state index contributed by atoms with van der Waals surface area (Å²) in [5, 5.41) is 2.94. The Kier molecular flexibility index (Phi) is 7.07. The second kappa shape index (κ2) is 9.10. The minimum absolute atomic E-state index is 0.237. The maximum atomic E-state index is 13.0. The topological polar surface area (TPSA) is 75.7 Å². The number of aryl methyl sites for hydroxylation is 1. The number of sulfonamides is 1. The van der Waals surface area contributed by atoms with Crippen LogP contribution in [0.15, 0.2) is 48.5 Å². The fourth-order valence-electron chi connectivity index (χ4n) is 3.04. The molecule has 0 unspecified atom stereocenters. The number of amides is 1. The Hall–Kier alpha value is -2.54. The van der Waals surface area contributed by atoms with Gasteiger partial charge in [-0.05, 0) is 50.1 Å². The molecule has 6 nitrogen and oxygen atoms in total. The van der Waals surface area contributed by atoms with E-state index in [0.29, 0.717) is 17.9 Å². The van der Waals surface area contributed by atoms with E-state index in [-0.39, 0.29) is 11.9 Å². The van der Waals surface area contributed by atoms with Gasteiger partial charge in [-0.15, -0.1) is 0 Å². The minimum atomic E-state index is -3.67. The summed E-state index contributed by atoms with van der Waals surface area (Å²) in [6.45, 7) is 5.68. The minimum Gasteiger partial charge on any atom is -0.497 e. The first-order valence-electron chi connectivity index (χ1n) is 9.17. The molecule has 0 aromatic heterocycles. The van der Waals surface area contributed by atoms with Crippen LogP contribution in [0, 0.1) is 6.92 Å². The second-order valence-electron chi connectivity index (χ2n) is 6.82. The zero-order valence-electron chi connectivity index (χ0n) is 17.0. The Morgan fingerprint density at radius 3 is 2.14 bits per heavy atom. The molecule has 0 aliphatic rings. The average Bonchev–Trinajstić information content (AvgIpc) is 2.65. The highest BCUT2D eigenvalue weighted by Crippen LogP contribution is 2.25. The van der Waals surface area contributed by atoms with Crippen LogP contribution in [0.4, 0.5) is 5.69 Å². The van der Waals surface area contributed by atoms with Crippen LogP contribution >= 0.6 is 0 Å². The van der Waals surface area contributed by atoms with Gasteiger partial charge in [0.15, 0.2) is 0 Å². The molecular formula is C21H28N2O4S. The maximum Gasteiger partial charge on any atom is 0.244 e. The second-order valence-corrected chi connectivity index (χ2v) is 8.68. The third-order valence-corrected chi connectivity index (χ3v) is 5.77. The molecule has 28 heavy (non-hydrogen) atoms. The van der Waals surface area contributed by atoms with E-state index in [1.165, 1.54) is 11.4 Å². The Balaban J connectivity index is 2.29. The van der Waals surface area contributed by atoms with E-state index in [4.69, 9.17) is 4.74 Å². The number of carbonyl (C=O) groups excluding carboxylic acids is 1. The van der Waals surface area contributed by atoms with Gasteiger partial charge in [0.1, 0.15) is 11.8 Å². The molecule has 7 heteroatoms. The van der Waals surface area contributed by atoms with Crippen molar-refractivity contribution < 1.29 is 17.9 Å². The third kappa shape index (κ3) is 5.25. The summed E-state index contributed by atoms with van der Waals surface area (Å²) < 4.78 is 31.3. The van der Waals surface area contributed by atoms with E-state index >= 15 is 0 Å². The predicted molar refractivity (Wildman–Crippen MR) is 112 cm³/mol. The van der Waals surface area contributed by atoms with E-state index in [9.17, 15) is 13.2 Å². The van der Waals surface area contributed by atoms with Crippen molar-refractivity contribution in [1.82, 2.24) is 5.32 Å². The quantitative estimate of drug-likeness (QED) is 0.731. The van der Waals surface area contributed by atoms with E-state index in [0.717, 1.165) is 17.4 Å². The van der Waals surface area contributed by atoms with E-state index in [1.54, 1.807) is 31.2 Å². The van der Waals surface area contributed by atoms with Gasteiger partial charge in [0.25, 0.3) is 0 Å². The van der Waals surface area contributed by atoms with Crippen molar-refractivity contribution in [3.8, 4) is 5.75 Å². The lowest BCUT2D eigenvalue weighted by Gasteiger charge is -2.31. The molecule has 2 rings (SSSR count). The summed E-state index contributed by atoms with van der Waals surface area (Å²) in [5.41, 5.74) is 2.52. The molecular weight excluding hydrogens is 376 g/mol. The number of ether oxygens (including phenoxy) is 1. The maximum absolute atomic E-state index is 13.0. The van der Waals surface area contributed by atoms with Crippen LogP contribution in [-0.2, 0) is 14.8 Å². The van der Waals surface area contributed by atoms with Crippen LogP contribution in [0.25, 0.3) is 0 Å². The van der Waals surface area contributed by atoms with Gasteiger partial charge in [0, 0.05) is 0 Å². The highest BCUT2D eigenvalue weighted by molar-refractivity contribution is 7.92. The Bertz CT molecular complexity index is 893. The molecule has 0 spiro atoms. The number of benzene rings is 2. The normalized spacial score (nSPS) is 13.5. The third-order valence-electron chi connectivity index (χ3n) is 4.59. The summed E-state index contributed by atoms with van der Waals surface area (Å²) in [5.74, 6) is 0.277. The Labute approximate surface area is 167 Å². The molecule has 0 fully saturated rings. The number of nitrogens with zero attached hydrogens (tertiary/aromatic N) is 1. The SMILES string of the molecule is CC[C@@H](C(=O)N[C@@H](C)c1ccc(C)cc1)N(c1ccc(OC)cc1)S(C)(=O)=O. The Morgan fingerprint density at radius 2 is 1.68 bits per heavy atom. The lowest BCUT2D eigenvalue weighted by atomic mass is 10.1. The molecule has 2 atom stereocenters. The van der Waals surface area contributed by atoms with Crippen LogP contribution in [0.5, 0.6) is 5.75 Å². The van der Waals surface area contributed by atoms with Crippen molar-refractivity contribution in [1.29, 1.82) is 0 Å². The molecule has 2 aromatic rings. The van der Waals surface area contributed by atoms with Crippen LogP contribution < -0.4 is 14.4 Å². The number of hydrogen-bond donors (Lipinski definition) is 1. The monoisotopic (exact) mass is 404 g/mol. The number of anilines is 1. The van der Waals surface area contributed by atoms with Crippen LogP contribution in [0.1, 0.15) is 37.4 Å². The first kappa shape index (κ1) is 21.8.